The van der Waals surface area contributed by atoms with Gasteiger partial charge in [-0.1, -0.05) is 36.0 Å². The molecule has 1 aliphatic heterocycles. The van der Waals surface area contributed by atoms with Gasteiger partial charge >= 0.3 is 0 Å². The molecule has 5 heteroatoms. The Morgan fingerprint density at radius 1 is 1.19 bits per heavy atom. The molecule has 1 aliphatic rings. The molecule has 0 fully saturated rings. The second-order valence-corrected chi connectivity index (χ2v) is 7.18. The van der Waals surface area contributed by atoms with Crippen molar-refractivity contribution in [2.75, 3.05) is 30.3 Å². The molecule has 26 heavy (non-hydrogen) atoms. The van der Waals surface area contributed by atoms with Gasteiger partial charge in [-0.05, 0) is 50.1 Å². The Bertz CT molecular complexity index is 787. The van der Waals surface area contributed by atoms with Gasteiger partial charge in [0.25, 0.3) is 0 Å². The van der Waals surface area contributed by atoms with Gasteiger partial charge < -0.3 is 9.64 Å². The largest absolute Gasteiger partial charge is 0.494 e. The highest BCUT2D eigenvalue weighted by Gasteiger charge is 2.21. The topological polar surface area (TPSA) is 41.9 Å². The number of Topliss-reactive ketones (excluding diaryl/α,β-unsaturated/α-hetero) is 1. The second kappa shape index (κ2) is 8.90. The molecule has 0 atom stereocenters. The highest BCUT2D eigenvalue weighted by Crippen LogP contribution is 2.25. The van der Waals surface area contributed by atoms with Crippen LogP contribution in [0.15, 0.2) is 53.5 Å². The summed E-state index contributed by atoms with van der Waals surface area (Å²) in [5.74, 6) is 1.97. The molecular weight excluding hydrogens is 344 g/mol. The van der Waals surface area contributed by atoms with Crippen molar-refractivity contribution in [1.82, 2.24) is 0 Å². The Morgan fingerprint density at radius 3 is 2.62 bits per heavy atom. The Kier molecular flexibility index (Phi) is 6.34. The Hall–Kier alpha value is -2.27. The minimum absolute atomic E-state index is 0.103. The maximum atomic E-state index is 12.9. The van der Waals surface area contributed by atoms with E-state index >= 15 is 0 Å². The van der Waals surface area contributed by atoms with Crippen LogP contribution in [0.3, 0.4) is 0 Å². The number of ketones is 1. The number of anilines is 1. The highest BCUT2D eigenvalue weighted by atomic mass is 32.2. The summed E-state index contributed by atoms with van der Waals surface area (Å²) in [4.78, 5) is 19.6. The van der Waals surface area contributed by atoms with Crippen molar-refractivity contribution in [1.29, 1.82) is 0 Å². The summed E-state index contributed by atoms with van der Waals surface area (Å²) in [5, 5.41) is 0.919. The van der Waals surface area contributed by atoms with E-state index in [4.69, 9.17) is 4.74 Å². The van der Waals surface area contributed by atoms with Crippen molar-refractivity contribution < 1.29 is 9.53 Å². The molecule has 0 saturated carbocycles. The van der Waals surface area contributed by atoms with Crippen LogP contribution in [-0.2, 0) is 0 Å². The van der Waals surface area contributed by atoms with Gasteiger partial charge in [-0.2, -0.15) is 0 Å². The standard InChI is InChI=1S/C21H24N2O2S/c1-3-25-18-11-9-17(10-12-18)23(21-22-13-6-14-26-21)15-20(24)19-8-5-4-7-16(19)2/h4-5,7-12H,3,6,13-15H2,1-2H3. The number of thioether (sulfide) groups is 1. The van der Waals surface area contributed by atoms with Gasteiger partial charge in [0, 0.05) is 23.5 Å². The normalized spacial score (nSPS) is 13.8. The van der Waals surface area contributed by atoms with Gasteiger partial charge in [0.15, 0.2) is 11.0 Å². The number of aryl methyl sites for hydroxylation is 1. The van der Waals surface area contributed by atoms with E-state index in [1.165, 1.54) is 0 Å². The molecule has 0 unspecified atom stereocenters. The number of nitrogens with zero attached hydrogens (tertiary/aromatic N) is 2. The zero-order chi connectivity index (χ0) is 18.4. The molecule has 0 radical (unpaired) electrons. The number of amidine groups is 1. The number of rotatable bonds is 6. The Labute approximate surface area is 159 Å². The zero-order valence-electron chi connectivity index (χ0n) is 15.3. The Morgan fingerprint density at radius 2 is 1.96 bits per heavy atom. The molecule has 136 valence electrons. The fraction of sp³-hybridized carbons (Fsp3) is 0.333. The van der Waals surface area contributed by atoms with Crippen LogP contribution in [0.1, 0.15) is 29.3 Å². The van der Waals surface area contributed by atoms with Gasteiger partial charge in [-0.3, -0.25) is 9.79 Å². The molecule has 0 saturated heterocycles. The number of carbonyl (C=O) groups is 1. The molecule has 0 aromatic heterocycles. The van der Waals surface area contributed by atoms with Gasteiger partial charge in [-0.15, -0.1) is 0 Å². The molecule has 0 amide bonds. The van der Waals surface area contributed by atoms with Crippen molar-refractivity contribution in [3.8, 4) is 5.75 Å². The Balaban J connectivity index is 1.87. The van der Waals surface area contributed by atoms with Crippen molar-refractivity contribution in [3.05, 3.63) is 59.7 Å². The van der Waals surface area contributed by atoms with E-state index in [1.54, 1.807) is 11.8 Å². The van der Waals surface area contributed by atoms with Crippen LogP contribution in [-0.4, -0.2) is 36.4 Å². The van der Waals surface area contributed by atoms with Gasteiger partial charge in [0.1, 0.15) is 5.75 Å². The first-order valence-electron chi connectivity index (χ1n) is 8.95. The van der Waals surface area contributed by atoms with Crippen LogP contribution >= 0.6 is 11.8 Å². The zero-order valence-corrected chi connectivity index (χ0v) is 16.1. The summed E-state index contributed by atoms with van der Waals surface area (Å²) >= 11 is 1.71. The van der Waals surface area contributed by atoms with Crippen LogP contribution in [0.4, 0.5) is 5.69 Å². The van der Waals surface area contributed by atoms with Crippen molar-refractivity contribution >= 4 is 28.4 Å². The summed E-state index contributed by atoms with van der Waals surface area (Å²) in [6, 6.07) is 15.6. The minimum Gasteiger partial charge on any atom is -0.494 e. The molecule has 0 bridgehead atoms. The summed E-state index contributed by atoms with van der Waals surface area (Å²) in [5.41, 5.74) is 2.73. The number of aliphatic imine (C=N–C) groups is 1. The summed E-state index contributed by atoms with van der Waals surface area (Å²) < 4.78 is 5.53. The van der Waals surface area contributed by atoms with E-state index in [-0.39, 0.29) is 12.3 Å². The molecule has 2 aromatic rings. The van der Waals surface area contributed by atoms with Gasteiger partial charge in [0.2, 0.25) is 0 Å². The predicted molar refractivity (Wildman–Crippen MR) is 110 cm³/mol. The average molecular weight is 369 g/mol. The third kappa shape index (κ3) is 4.47. The maximum absolute atomic E-state index is 12.9. The molecular formula is C21H24N2O2S. The first-order chi connectivity index (χ1) is 12.7. The number of hydrogen-bond donors (Lipinski definition) is 0. The van der Waals surface area contributed by atoms with Crippen LogP contribution in [0.2, 0.25) is 0 Å². The molecule has 4 nitrogen and oxygen atoms in total. The number of benzene rings is 2. The number of carbonyl (C=O) groups excluding carboxylic acids is 1. The second-order valence-electron chi connectivity index (χ2n) is 6.12. The van der Waals surface area contributed by atoms with Crippen molar-refractivity contribution in [2.45, 2.75) is 20.3 Å². The van der Waals surface area contributed by atoms with Crippen molar-refractivity contribution in [3.63, 3.8) is 0 Å². The van der Waals surface area contributed by atoms with Crippen LogP contribution in [0, 0.1) is 6.92 Å². The maximum Gasteiger partial charge on any atom is 0.182 e. The van der Waals surface area contributed by atoms with E-state index in [0.717, 1.165) is 46.4 Å². The number of ether oxygens (including phenoxy) is 1. The summed E-state index contributed by atoms with van der Waals surface area (Å²) in [7, 11) is 0. The van der Waals surface area contributed by atoms with E-state index in [2.05, 4.69) is 4.99 Å². The van der Waals surface area contributed by atoms with Crippen LogP contribution < -0.4 is 9.64 Å². The fourth-order valence-electron chi connectivity index (χ4n) is 2.88. The molecule has 0 spiro atoms. The summed E-state index contributed by atoms with van der Waals surface area (Å²) in [6.45, 7) is 5.67. The van der Waals surface area contributed by atoms with Gasteiger partial charge in [0.05, 0.1) is 13.2 Å². The van der Waals surface area contributed by atoms with Crippen LogP contribution in [0.25, 0.3) is 0 Å². The lowest BCUT2D eigenvalue weighted by molar-refractivity contribution is 0.100. The SMILES string of the molecule is CCOc1ccc(N(CC(=O)c2ccccc2C)C2=NCCCS2)cc1. The lowest BCUT2D eigenvalue weighted by atomic mass is 10.0. The molecule has 1 heterocycles. The first kappa shape index (κ1) is 18.5. The van der Waals surface area contributed by atoms with E-state index < -0.39 is 0 Å². The third-order valence-electron chi connectivity index (χ3n) is 4.22. The molecule has 3 rings (SSSR count). The van der Waals surface area contributed by atoms with E-state index in [9.17, 15) is 4.79 Å². The fourth-order valence-corrected chi connectivity index (χ4v) is 3.85. The number of hydrogen-bond acceptors (Lipinski definition) is 5. The monoisotopic (exact) mass is 368 g/mol. The smallest absolute Gasteiger partial charge is 0.182 e. The molecule has 2 aromatic carbocycles. The molecule has 0 aliphatic carbocycles. The first-order valence-corrected chi connectivity index (χ1v) is 9.94. The van der Waals surface area contributed by atoms with Gasteiger partial charge in [-0.25, -0.2) is 0 Å². The van der Waals surface area contributed by atoms with Crippen molar-refractivity contribution in [2.24, 2.45) is 4.99 Å². The van der Waals surface area contributed by atoms with E-state index in [1.807, 2.05) is 67.3 Å². The average Bonchev–Trinajstić information content (AvgIpc) is 2.68. The summed E-state index contributed by atoms with van der Waals surface area (Å²) in [6.07, 6.45) is 1.08. The third-order valence-corrected chi connectivity index (χ3v) is 5.32. The van der Waals surface area contributed by atoms with E-state index in [0.29, 0.717) is 6.61 Å². The predicted octanol–water partition coefficient (Wildman–Crippen LogP) is 4.58. The lowest BCUT2D eigenvalue weighted by Gasteiger charge is -2.27. The highest BCUT2D eigenvalue weighted by molar-refractivity contribution is 8.14. The lowest BCUT2D eigenvalue weighted by Crippen LogP contribution is -2.35. The quantitative estimate of drug-likeness (QED) is 0.700. The van der Waals surface area contributed by atoms with Crippen LogP contribution in [0.5, 0.6) is 5.75 Å². The minimum atomic E-state index is 0.103. The molecule has 0 N–H and O–H groups in total.